The molecule has 138 valence electrons. The number of rotatable bonds is 8. The summed E-state index contributed by atoms with van der Waals surface area (Å²) in [5, 5.41) is 22.7. The molecule has 0 radical (unpaired) electrons. The number of carboxylic acid groups (broad SMARTS) is 1. The fourth-order valence-electron chi connectivity index (χ4n) is 2.24. The number of halogens is 2. The van der Waals surface area contributed by atoms with Gasteiger partial charge in [0.1, 0.15) is 35.1 Å². The number of aliphatic hydroxyl groups excluding tert-OH is 1. The molecule has 1 saturated carbocycles. The lowest BCUT2D eigenvalue weighted by Gasteiger charge is -2.15. The van der Waals surface area contributed by atoms with Crippen LogP contribution in [0.15, 0.2) is 24.3 Å². The zero-order valence-electron chi connectivity index (χ0n) is 13.7. The summed E-state index contributed by atoms with van der Waals surface area (Å²) in [4.78, 5) is 19.6. The lowest BCUT2D eigenvalue weighted by molar-refractivity contribution is 0.0690. The molecule has 7 nitrogen and oxygen atoms in total. The summed E-state index contributed by atoms with van der Waals surface area (Å²) in [6.07, 6.45) is 1.00. The maximum absolute atomic E-state index is 11.3. The van der Waals surface area contributed by atoms with Crippen molar-refractivity contribution in [1.29, 1.82) is 0 Å². The molecule has 3 rings (SSSR count). The highest BCUT2D eigenvalue weighted by atomic mass is 35.5. The molecule has 1 heterocycles. The molecule has 1 fully saturated rings. The van der Waals surface area contributed by atoms with Crippen molar-refractivity contribution in [3.63, 3.8) is 0 Å². The van der Waals surface area contributed by atoms with E-state index in [9.17, 15) is 15.0 Å². The summed E-state index contributed by atoms with van der Waals surface area (Å²) < 4.78 is 5.47. The predicted molar refractivity (Wildman–Crippen MR) is 97.4 cm³/mol. The number of nitrogens with zero attached hydrogens (tertiary/aromatic N) is 2. The van der Waals surface area contributed by atoms with Gasteiger partial charge in [-0.05, 0) is 37.1 Å². The minimum atomic E-state index is -1.21. The van der Waals surface area contributed by atoms with Crippen LogP contribution in [-0.2, 0) is 0 Å². The standard InChI is InChI=1S/C17H17Cl2N3O4/c18-10-3-5-12(6-4-10)26-8-11(23)7-20-16-13(19)14(17(24)25)21-15(22-16)9-1-2-9/h3-6,9,11,23H,1-2,7-8H2,(H,24,25)(H,20,21,22). The summed E-state index contributed by atoms with van der Waals surface area (Å²) >= 11 is 11.9. The number of aliphatic hydroxyl groups is 1. The van der Waals surface area contributed by atoms with Gasteiger partial charge in [0.15, 0.2) is 5.69 Å². The van der Waals surface area contributed by atoms with Crippen molar-refractivity contribution < 1.29 is 19.7 Å². The van der Waals surface area contributed by atoms with Crippen molar-refractivity contribution in [2.24, 2.45) is 0 Å². The summed E-state index contributed by atoms with van der Waals surface area (Å²) in [5.41, 5.74) is -0.238. The van der Waals surface area contributed by atoms with E-state index in [0.717, 1.165) is 12.8 Å². The number of nitrogens with one attached hydrogen (secondary N) is 1. The van der Waals surface area contributed by atoms with Crippen molar-refractivity contribution in [1.82, 2.24) is 9.97 Å². The van der Waals surface area contributed by atoms with Crippen molar-refractivity contribution in [2.75, 3.05) is 18.5 Å². The van der Waals surface area contributed by atoms with Crippen LogP contribution in [0.3, 0.4) is 0 Å². The smallest absolute Gasteiger partial charge is 0.356 e. The quantitative estimate of drug-likeness (QED) is 0.627. The minimum Gasteiger partial charge on any atom is -0.491 e. The zero-order valence-corrected chi connectivity index (χ0v) is 15.2. The minimum absolute atomic E-state index is 0.0403. The van der Waals surface area contributed by atoms with Crippen LogP contribution in [0, 0.1) is 0 Å². The predicted octanol–water partition coefficient (Wildman–Crippen LogP) is 3.21. The molecule has 0 spiro atoms. The lowest BCUT2D eigenvalue weighted by Crippen LogP contribution is -2.27. The molecular weight excluding hydrogens is 381 g/mol. The second-order valence-electron chi connectivity index (χ2n) is 5.97. The zero-order chi connectivity index (χ0) is 18.7. The van der Waals surface area contributed by atoms with E-state index >= 15 is 0 Å². The van der Waals surface area contributed by atoms with Crippen molar-refractivity contribution in [3.05, 3.63) is 45.8 Å². The molecular formula is C17H17Cl2N3O4. The number of hydrogen-bond donors (Lipinski definition) is 3. The molecule has 3 N–H and O–H groups in total. The van der Waals surface area contributed by atoms with Crippen LogP contribution in [0.5, 0.6) is 5.75 Å². The van der Waals surface area contributed by atoms with Gasteiger partial charge in [0.2, 0.25) is 0 Å². The Balaban J connectivity index is 1.61. The van der Waals surface area contributed by atoms with E-state index < -0.39 is 12.1 Å². The van der Waals surface area contributed by atoms with Crippen LogP contribution in [0.4, 0.5) is 5.82 Å². The van der Waals surface area contributed by atoms with E-state index in [2.05, 4.69) is 15.3 Å². The van der Waals surface area contributed by atoms with Gasteiger partial charge in [-0.15, -0.1) is 0 Å². The Morgan fingerprint density at radius 3 is 2.58 bits per heavy atom. The van der Waals surface area contributed by atoms with Gasteiger partial charge in [0, 0.05) is 17.5 Å². The molecule has 1 aromatic carbocycles. The van der Waals surface area contributed by atoms with Crippen molar-refractivity contribution in [3.8, 4) is 5.75 Å². The van der Waals surface area contributed by atoms with E-state index in [1.165, 1.54) is 0 Å². The highest BCUT2D eigenvalue weighted by molar-refractivity contribution is 6.35. The van der Waals surface area contributed by atoms with Gasteiger partial charge in [-0.25, -0.2) is 14.8 Å². The molecule has 1 unspecified atom stereocenters. The van der Waals surface area contributed by atoms with E-state index in [0.29, 0.717) is 16.6 Å². The maximum Gasteiger partial charge on any atom is 0.356 e. The summed E-state index contributed by atoms with van der Waals surface area (Å²) in [6.45, 7) is 0.131. The van der Waals surface area contributed by atoms with E-state index in [-0.39, 0.29) is 35.6 Å². The number of carbonyl (C=O) groups is 1. The molecule has 2 aromatic rings. The lowest BCUT2D eigenvalue weighted by atomic mass is 10.3. The molecule has 1 aliphatic rings. The number of hydrogen-bond acceptors (Lipinski definition) is 6. The van der Waals surface area contributed by atoms with Crippen molar-refractivity contribution in [2.45, 2.75) is 24.9 Å². The van der Waals surface area contributed by atoms with Crippen LogP contribution in [0.1, 0.15) is 35.1 Å². The monoisotopic (exact) mass is 397 g/mol. The maximum atomic E-state index is 11.3. The van der Waals surface area contributed by atoms with Gasteiger partial charge in [-0.2, -0.15) is 0 Å². The number of ether oxygens (including phenoxy) is 1. The average Bonchev–Trinajstić information content (AvgIpc) is 3.45. The molecule has 9 heteroatoms. The third-order valence-electron chi connectivity index (χ3n) is 3.77. The van der Waals surface area contributed by atoms with Crippen LogP contribution in [0.25, 0.3) is 0 Å². The molecule has 26 heavy (non-hydrogen) atoms. The van der Waals surface area contributed by atoms with Crippen LogP contribution in [0.2, 0.25) is 10.0 Å². The highest BCUT2D eigenvalue weighted by Gasteiger charge is 2.30. The molecule has 0 saturated heterocycles. The second kappa shape index (κ2) is 8.07. The molecule has 1 atom stereocenters. The Kier molecular flexibility index (Phi) is 5.80. The Bertz CT molecular complexity index is 797. The van der Waals surface area contributed by atoms with Gasteiger partial charge >= 0.3 is 5.97 Å². The Hall–Kier alpha value is -2.09. The first-order chi connectivity index (χ1) is 12.4. The number of benzene rings is 1. The third-order valence-corrected chi connectivity index (χ3v) is 4.38. The van der Waals surface area contributed by atoms with Crippen LogP contribution >= 0.6 is 23.2 Å². The fraction of sp³-hybridized carbons (Fsp3) is 0.353. The summed E-state index contributed by atoms with van der Waals surface area (Å²) in [5.74, 6) is 0.198. The number of anilines is 1. The van der Waals surface area contributed by atoms with Gasteiger partial charge in [-0.1, -0.05) is 23.2 Å². The first-order valence-electron chi connectivity index (χ1n) is 8.05. The van der Waals surface area contributed by atoms with Gasteiger partial charge in [-0.3, -0.25) is 0 Å². The van der Waals surface area contributed by atoms with Crippen LogP contribution in [-0.4, -0.2) is 45.4 Å². The van der Waals surface area contributed by atoms with Gasteiger partial charge < -0.3 is 20.3 Å². The molecule has 0 amide bonds. The molecule has 0 bridgehead atoms. The summed E-state index contributed by atoms with van der Waals surface area (Å²) in [6, 6.07) is 6.78. The normalized spacial score (nSPS) is 14.7. The third kappa shape index (κ3) is 4.75. The Morgan fingerprint density at radius 1 is 1.27 bits per heavy atom. The molecule has 0 aliphatic heterocycles. The average molecular weight is 398 g/mol. The Morgan fingerprint density at radius 2 is 1.96 bits per heavy atom. The van der Waals surface area contributed by atoms with E-state index in [4.69, 9.17) is 27.9 Å². The number of aromatic carboxylic acids is 1. The highest BCUT2D eigenvalue weighted by Crippen LogP contribution is 2.39. The number of aromatic nitrogens is 2. The fourth-order valence-corrected chi connectivity index (χ4v) is 2.60. The second-order valence-corrected chi connectivity index (χ2v) is 6.79. The molecule has 1 aromatic heterocycles. The van der Waals surface area contributed by atoms with E-state index in [1.807, 2.05) is 0 Å². The largest absolute Gasteiger partial charge is 0.491 e. The SMILES string of the molecule is O=C(O)c1nc(C2CC2)nc(NCC(O)COc2ccc(Cl)cc2)c1Cl. The van der Waals surface area contributed by atoms with Gasteiger partial charge in [0.05, 0.1) is 0 Å². The molecule has 1 aliphatic carbocycles. The van der Waals surface area contributed by atoms with Gasteiger partial charge in [0.25, 0.3) is 0 Å². The Labute approximate surface area is 159 Å². The van der Waals surface area contributed by atoms with E-state index in [1.54, 1.807) is 24.3 Å². The van der Waals surface area contributed by atoms with Crippen LogP contribution < -0.4 is 10.1 Å². The topological polar surface area (TPSA) is 105 Å². The number of carboxylic acids is 1. The summed E-state index contributed by atoms with van der Waals surface area (Å²) in [7, 11) is 0. The first kappa shape index (κ1) is 18.7. The van der Waals surface area contributed by atoms with Crippen molar-refractivity contribution >= 4 is 35.0 Å². The first-order valence-corrected chi connectivity index (χ1v) is 8.80.